The van der Waals surface area contributed by atoms with Crippen LogP contribution in [-0.4, -0.2) is 45.0 Å². The third-order valence-electron chi connectivity index (χ3n) is 3.57. The first-order chi connectivity index (χ1) is 13.0. The molecular formula is C17H24FN3O6S. The van der Waals surface area contributed by atoms with E-state index < -0.39 is 56.7 Å². The van der Waals surface area contributed by atoms with E-state index in [9.17, 15) is 27.2 Å². The molecule has 156 valence electrons. The number of halogens is 1. The SMILES string of the molecule is CCNC(=O)NC(=O)C(C)OC(=O)C(NS(=O)(=O)c1ccccc1F)C(C)C. The first-order valence-electron chi connectivity index (χ1n) is 8.55. The van der Waals surface area contributed by atoms with E-state index in [0.29, 0.717) is 6.54 Å². The Hall–Kier alpha value is -2.53. The highest BCUT2D eigenvalue weighted by molar-refractivity contribution is 7.89. The van der Waals surface area contributed by atoms with Gasteiger partial charge in [0.15, 0.2) is 6.10 Å². The standard InChI is InChI=1S/C17H24FN3O6S/c1-5-19-17(24)20-15(22)11(4)27-16(23)14(10(2)3)21-28(25,26)13-9-7-6-8-12(13)18/h6-11,14,21H,5H2,1-4H3,(H2,19,20,22,24). The number of hydrogen-bond acceptors (Lipinski definition) is 6. The highest BCUT2D eigenvalue weighted by Gasteiger charge is 2.33. The summed E-state index contributed by atoms with van der Waals surface area (Å²) in [5.41, 5.74) is 0. The van der Waals surface area contributed by atoms with Gasteiger partial charge in [0.2, 0.25) is 10.0 Å². The maximum Gasteiger partial charge on any atom is 0.325 e. The summed E-state index contributed by atoms with van der Waals surface area (Å²) in [6.45, 7) is 6.28. The van der Waals surface area contributed by atoms with E-state index in [1.165, 1.54) is 19.1 Å². The molecule has 1 aromatic rings. The molecular weight excluding hydrogens is 393 g/mol. The number of benzene rings is 1. The molecule has 9 nitrogen and oxygen atoms in total. The maximum atomic E-state index is 13.8. The molecule has 0 fully saturated rings. The lowest BCUT2D eigenvalue weighted by Crippen LogP contribution is -2.49. The van der Waals surface area contributed by atoms with E-state index >= 15 is 0 Å². The molecule has 0 spiro atoms. The fourth-order valence-corrected chi connectivity index (χ4v) is 3.48. The first-order valence-corrected chi connectivity index (χ1v) is 10.0. The van der Waals surface area contributed by atoms with Crippen molar-refractivity contribution in [1.29, 1.82) is 0 Å². The van der Waals surface area contributed by atoms with Crippen LogP contribution in [0.1, 0.15) is 27.7 Å². The Labute approximate surface area is 163 Å². The molecule has 3 amide bonds. The molecule has 0 saturated carbocycles. The molecule has 0 aliphatic rings. The zero-order chi connectivity index (χ0) is 21.5. The predicted molar refractivity (Wildman–Crippen MR) is 98.1 cm³/mol. The molecule has 0 aromatic heterocycles. The molecule has 2 atom stereocenters. The molecule has 0 radical (unpaired) electrons. The molecule has 0 heterocycles. The van der Waals surface area contributed by atoms with E-state index in [2.05, 4.69) is 10.0 Å². The van der Waals surface area contributed by atoms with Crippen molar-refractivity contribution in [3.05, 3.63) is 30.1 Å². The molecule has 2 unspecified atom stereocenters. The van der Waals surface area contributed by atoms with E-state index in [1.807, 2.05) is 5.32 Å². The number of imide groups is 1. The van der Waals surface area contributed by atoms with Crippen LogP contribution in [-0.2, 0) is 24.3 Å². The molecule has 0 saturated heterocycles. The maximum absolute atomic E-state index is 13.8. The van der Waals surface area contributed by atoms with Crippen molar-refractivity contribution < 1.29 is 31.9 Å². The highest BCUT2D eigenvalue weighted by Crippen LogP contribution is 2.16. The second-order valence-corrected chi connectivity index (χ2v) is 7.88. The number of amides is 3. The van der Waals surface area contributed by atoms with Gasteiger partial charge in [-0.1, -0.05) is 26.0 Å². The normalized spacial score (nSPS) is 13.5. The second-order valence-electron chi connectivity index (χ2n) is 6.20. The van der Waals surface area contributed by atoms with Crippen molar-refractivity contribution in [2.24, 2.45) is 5.92 Å². The minimum absolute atomic E-state index is 0.292. The molecule has 11 heteroatoms. The van der Waals surface area contributed by atoms with Crippen molar-refractivity contribution in [1.82, 2.24) is 15.4 Å². The number of nitrogens with one attached hydrogen (secondary N) is 3. The van der Waals surface area contributed by atoms with Crippen LogP contribution in [0.2, 0.25) is 0 Å². The van der Waals surface area contributed by atoms with Gasteiger partial charge in [-0.2, -0.15) is 4.72 Å². The van der Waals surface area contributed by atoms with Gasteiger partial charge in [0.1, 0.15) is 16.8 Å². The van der Waals surface area contributed by atoms with Gasteiger partial charge in [0.25, 0.3) is 5.91 Å². The van der Waals surface area contributed by atoms with Gasteiger partial charge in [-0.05, 0) is 31.9 Å². The van der Waals surface area contributed by atoms with Crippen LogP contribution < -0.4 is 15.4 Å². The van der Waals surface area contributed by atoms with Gasteiger partial charge in [0, 0.05) is 6.54 Å². The summed E-state index contributed by atoms with van der Waals surface area (Å²) < 4.78 is 45.7. The lowest BCUT2D eigenvalue weighted by molar-refractivity contribution is -0.157. The topological polar surface area (TPSA) is 131 Å². The Morgan fingerprint density at radius 3 is 2.29 bits per heavy atom. The minimum atomic E-state index is -4.35. The number of carbonyl (C=O) groups excluding carboxylic acids is 3. The Balaban J connectivity index is 2.88. The number of sulfonamides is 1. The highest BCUT2D eigenvalue weighted by atomic mass is 32.2. The molecule has 1 aromatic carbocycles. The van der Waals surface area contributed by atoms with Crippen molar-refractivity contribution in [2.75, 3.05) is 6.54 Å². The summed E-state index contributed by atoms with van der Waals surface area (Å²) in [5, 5.41) is 4.32. The summed E-state index contributed by atoms with van der Waals surface area (Å²) in [6, 6.07) is 2.58. The smallest absolute Gasteiger partial charge is 0.325 e. The average molecular weight is 417 g/mol. The predicted octanol–water partition coefficient (Wildman–Crippen LogP) is 0.906. The first kappa shape index (κ1) is 23.5. The Kier molecular flexibility index (Phi) is 8.51. The van der Waals surface area contributed by atoms with Gasteiger partial charge in [-0.15, -0.1) is 0 Å². The van der Waals surface area contributed by atoms with Crippen LogP contribution in [0.4, 0.5) is 9.18 Å². The number of hydrogen-bond donors (Lipinski definition) is 3. The zero-order valence-electron chi connectivity index (χ0n) is 16.0. The van der Waals surface area contributed by atoms with Crippen LogP contribution in [0, 0.1) is 11.7 Å². The number of ether oxygens (including phenoxy) is 1. The van der Waals surface area contributed by atoms with Gasteiger partial charge >= 0.3 is 12.0 Å². The number of rotatable bonds is 8. The average Bonchev–Trinajstić information content (AvgIpc) is 2.59. The van der Waals surface area contributed by atoms with Crippen molar-refractivity contribution in [3.8, 4) is 0 Å². The molecule has 3 N–H and O–H groups in total. The lowest BCUT2D eigenvalue weighted by Gasteiger charge is -2.22. The third kappa shape index (κ3) is 6.57. The van der Waals surface area contributed by atoms with Gasteiger partial charge in [-0.25, -0.2) is 17.6 Å². The summed E-state index contributed by atoms with van der Waals surface area (Å²) in [7, 11) is -4.35. The molecule has 0 aliphatic heterocycles. The van der Waals surface area contributed by atoms with Gasteiger partial charge in [0.05, 0.1) is 0 Å². The fourth-order valence-electron chi connectivity index (χ4n) is 2.07. The quantitative estimate of drug-likeness (QED) is 0.539. The summed E-state index contributed by atoms with van der Waals surface area (Å²) in [6.07, 6.45) is -1.35. The van der Waals surface area contributed by atoms with E-state index in [0.717, 1.165) is 12.1 Å². The monoisotopic (exact) mass is 417 g/mol. The van der Waals surface area contributed by atoms with Crippen LogP contribution >= 0.6 is 0 Å². The van der Waals surface area contributed by atoms with Crippen LogP contribution in [0.25, 0.3) is 0 Å². The lowest BCUT2D eigenvalue weighted by atomic mass is 10.1. The van der Waals surface area contributed by atoms with Crippen LogP contribution in [0.3, 0.4) is 0 Å². The molecule has 0 aliphatic carbocycles. The number of esters is 1. The third-order valence-corrected chi connectivity index (χ3v) is 5.04. The summed E-state index contributed by atoms with van der Waals surface area (Å²) in [4.78, 5) is 35.0. The van der Waals surface area contributed by atoms with Crippen molar-refractivity contribution in [3.63, 3.8) is 0 Å². The Bertz CT molecular complexity index is 828. The number of carbonyl (C=O) groups is 3. The van der Waals surface area contributed by atoms with E-state index in [4.69, 9.17) is 4.74 Å². The number of urea groups is 1. The zero-order valence-corrected chi connectivity index (χ0v) is 16.8. The van der Waals surface area contributed by atoms with E-state index in [1.54, 1.807) is 20.8 Å². The van der Waals surface area contributed by atoms with Gasteiger partial charge < -0.3 is 10.1 Å². The minimum Gasteiger partial charge on any atom is -0.451 e. The van der Waals surface area contributed by atoms with Crippen LogP contribution in [0.15, 0.2) is 29.2 Å². The van der Waals surface area contributed by atoms with Crippen molar-refractivity contribution >= 4 is 27.9 Å². The van der Waals surface area contributed by atoms with Crippen molar-refractivity contribution in [2.45, 2.75) is 44.7 Å². The van der Waals surface area contributed by atoms with E-state index in [-0.39, 0.29) is 0 Å². The second kappa shape index (κ2) is 10.1. The molecule has 0 bridgehead atoms. The summed E-state index contributed by atoms with van der Waals surface area (Å²) in [5.74, 6) is -3.44. The largest absolute Gasteiger partial charge is 0.451 e. The molecule has 1 rings (SSSR count). The van der Waals surface area contributed by atoms with Gasteiger partial charge in [-0.3, -0.25) is 14.9 Å². The Morgan fingerprint density at radius 1 is 1.14 bits per heavy atom. The Morgan fingerprint density at radius 2 is 1.75 bits per heavy atom. The molecule has 28 heavy (non-hydrogen) atoms. The fraction of sp³-hybridized carbons (Fsp3) is 0.471. The summed E-state index contributed by atoms with van der Waals surface area (Å²) >= 11 is 0. The van der Waals surface area contributed by atoms with Crippen LogP contribution in [0.5, 0.6) is 0 Å².